The second-order valence-corrected chi connectivity index (χ2v) is 14.6. The number of carbonyl (C=O) groups is 4. The van der Waals surface area contributed by atoms with Gasteiger partial charge in [0.05, 0.1) is 30.2 Å². The van der Waals surface area contributed by atoms with Crippen LogP contribution in [0.1, 0.15) is 71.1 Å². The van der Waals surface area contributed by atoms with Crippen molar-refractivity contribution in [2.45, 2.75) is 85.6 Å². The molecule has 0 aliphatic carbocycles. The first-order chi connectivity index (χ1) is 23.3. The van der Waals surface area contributed by atoms with Gasteiger partial charge < -0.3 is 36.1 Å². The molecule has 0 heterocycles. The maximum atomic E-state index is 13.7. The van der Waals surface area contributed by atoms with Gasteiger partial charge in [-0.15, -0.1) is 0 Å². The summed E-state index contributed by atoms with van der Waals surface area (Å²) in [6, 6.07) is 10.5. The molecule has 274 valence electrons. The second-order valence-electron chi connectivity index (χ2n) is 14.2. The van der Waals surface area contributed by atoms with Crippen molar-refractivity contribution in [3.8, 4) is 5.75 Å². The summed E-state index contributed by atoms with van der Waals surface area (Å²) in [6.07, 6.45) is 6.01. The minimum Gasteiger partial charge on any atom is -0.495 e. The van der Waals surface area contributed by atoms with Crippen LogP contribution in [0.2, 0.25) is 5.02 Å². The van der Waals surface area contributed by atoms with E-state index in [1.54, 1.807) is 44.2 Å². The van der Waals surface area contributed by atoms with Crippen molar-refractivity contribution in [1.82, 2.24) is 10.6 Å². The summed E-state index contributed by atoms with van der Waals surface area (Å²) in [6.45, 7) is 10.8. The molecule has 2 amide bonds. The molecule has 0 radical (unpaired) electrons. The van der Waals surface area contributed by atoms with E-state index in [-0.39, 0.29) is 43.7 Å². The Kier molecular flexibility index (Phi) is 16.2. The van der Waals surface area contributed by atoms with Gasteiger partial charge in [0, 0.05) is 25.0 Å². The lowest BCUT2D eigenvalue weighted by Crippen LogP contribution is -2.53. The molecule has 0 aliphatic rings. The average Bonchev–Trinajstić information content (AvgIpc) is 3.04. The summed E-state index contributed by atoms with van der Waals surface area (Å²) in [5.74, 6) is -2.53. The molecule has 0 saturated heterocycles. The number of benzene rings is 2. The number of hydrogen-bond donors (Lipinski definition) is 5. The average molecular weight is 714 g/mol. The van der Waals surface area contributed by atoms with Crippen LogP contribution in [-0.2, 0) is 36.9 Å². The number of amides is 2. The Morgan fingerprint density at radius 1 is 1.02 bits per heavy atom. The molecular weight excluding hydrogens is 662 g/mol. The number of carboxylic acid groups (broad SMARTS) is 1. The molecule has 11 nitrogen and oxygen atoms in total. The monoisotopic (exact) mass is 713 g/mol. The van der Waals surface area contributed by atoms with E-state index in [0.717, 1.165) is 22.8 Å². The lowest BCUT2D eigenvalue weighted by atomic mass is 9.86. The first-order valence-corrected chi connectivity index (χ1v) is 16.9. The molecular formula is C38H52ClN3O8. The molecule has 0 spiro atoms. The zero-order valence-corrected chi connectivity index (χ0v) is 30.8. The quantitative estimate of drug-likeness (QED) is 0.104. The standard InChI is InChI=1S/C38H52ClN3O8/c1-24(11-12-25-13-15-26(22-43)16-14-25)31(9-8-10-33(44)45)50-35(47)30(21-37(2,3)4)42-36(48)38(5,6)23-41-34(46)29(40)20-27-17-18-32(49-7)28(39)19-27/h8,10-19,24,29-31,43H,9,20-23,40H2,1-7H3,(H,41,46)(H,42,48)(H,44,45)/b10-8+,12-11+/t24-,29?,30?,31+/m1/s1. The largest absolute Gasteiger partial charge is 0.495 e. The van der Waals surface area contributed by atoms with Gasteiger partial charge in [-0.05, 0) is 60.9 Å². The number of nitrogens with two attached hydrogens (primary N) is 1. The molecule has 6 N–H and O–H groups in total. The molecule has 12 heteroatoms. The van der Waals surface area contributed by atoms with Crippen LogP contribution < -0.4 is 21.1 Å². The van der Waals surface area contributed by atoms with Gasteiger partial charge in [-0.3, -0.25) is 9.59 Å². The third-order valence-electron chi connectivity index (χ3n) is 7.97. The molecule has 50 heavy (non-hydrogen) atoms. The minimum absolute atomic E-state index is 0.0459. The zero-order valence-electron chi connectivity index (χ0n) is 30.0. The number of rotatable bonds is 18. The van der Waals surface area contributed by atoms with Crippen molar-refractivity contribution in [3.05, 3.63) is 82.4 Å². The number of carbonyl (C=O) groups excluding carboxylic acids is 3. The van der Waals surface area contributed by atoms with Crippen LogP contribution in [-0.4, -0.2) is 65.8 Å². The van der Waals surface area contributed by atoms with Gasteiger partial charge in [-0.25, -0.2) is 9.59 Å². The number of esters is 1. The Balaban J connectivity index is 2.15. The second kappa shape index (κ2) is 19.3. The molecule has 2 rings (SSSR count). The highest BCUT2D eigenvalue weighted by Gasteiger charge is 2.36. The summed E-state index contributed by atoms with van der Waals surface area (Å²) in [7, 11) is 1.51. The van der Waals surface area contributed by atoms with E-state index in [9.17, 15) is 24.3 Å². The van der Waals surface area contributed by atoms with E-state index in [0.29, 0.717) is 10.8 Å². The van der Waals surface area contributed by atoms with E-state index in [1.165, 1.54) is 13.2 Å². The van der Waals surface area contributed by atoms with Crippen molar-refractivity contribution in [3.63, 3.8) is 0 Å². The van der Waals surface area contributed by atoms with Crippen molar-refractivity contribution in [2.24, 2.45) is 22.5 Å². The van der Waals surface area contributed by atoms with Gasteiger partial charge in [0.1, 0.15) is 17.9 Å². The van der Waals surface area contributed by atoms with E-state index in [2.05, 4.69) is 10.6 Å². The number of carboxylic acids is 1. The number of nitrogens with one attached hydrogen (secondary N) is 2. The van der Waals surface area contributed by atoms with Crippen LogP contribution in [0.15, 0.2) is 60.7 Å². The van der Waals surface area contributed by atoms with Crippen LogP contribution in [0.3, 0.4) is 0 Å². The lowest BCUT2D eigenvalue weighted by molar-refractivity contribution is -0.156. The Bertz CT molecular complexity index is 1510. The predicted octanol–water partition coefficient (Wildman–Crippen LogP) is 5.07. The molecule has 0 aliphatic heterocycles. The van der Waals surface area contributed by atoms with E-state index in [1.807, 2.05) is 52.0 Å². The van der Waals surface area contributed by atoms with Gasteiger partial charge >= 0.3 is 11.9 Å². The minimum atomic E-state index is -1.12. The third-order valence-corrected chi connectivity index (χ3v) is 8.27. The van der Waals surface area contributed by atoms with E-state index in [4.69, 9.17) is 31.9 Å². The first kappa shape index (κ1) is 42.0. The SMILES string of the molecule is COc1ccc(CC(N)C(=O)NCC(C)(C)C(=O)NC(CC(C)(C)C)C(=O)O[C@@H](C/C=C/C(=O)O)[C@H](C)/C=C/c2ccc(CO)cc2)cc1Cl. The van der Waals surface area contributed by atoms with Crippen molar-refractivity contribution >= 4 is 41.4 Å². The molecule has 0 saturated carbocycles. The van der Waals surface area contributed by atoms with Gasteiger partial charge in [0.15, 0.2) is 0 Å². The first-order valence-electron chi connectivity index (χ1n) is 16.5. The predicted molar refractivity (Wildman–Crippen MR) is 194 cm³/mol. The molecule has 0 aromatic heterocycles. The number of hydrogen-bond acceptors (Lipinski definition) is 8. The van der Waals surface area contributed by atoms with Crippen LogP contribution >= 0.6 is 11.6 Å². The highest BCUT2D eigenvalue weighted by Crippen LogP contribution is 2.26. The molecule has 2 unspecified atom stereocenters. The normalized spacial score (nSPS) is 14.5. The van der Waals surface area contributed by atoms with Crippen LogP contribution in [0.25, 0.3) is 6.08 Å². The van der Waals surface area contributed by atoms with Crippen molar-refractivity contribution in [2.75, 3.05) is 13.7 Å². The fraction of sp³-hybridized carbons (Fsp3) is 0.474. The van der Waals surface area contributed by atoms with Gasteiger partial charge in [-0.2, -0.15) is 0 Å². The Morgan fingerprint density at radius 3 is 2.22 bits per heavy atom. The summed E-state index contributed by atoms with van der Waals surface area (Å²) in [5.41, 5.74) is 7.05. The zero-order chi connectivity index (χ0) is 37.6. The van der Waals surface area contributed by atoms with Gasteiger partial charge in [0.2, 0.25) is 11.8 Å². The lowest BCUT2D eigenvalue weighted by Gasteiger charge is -2.31. The number of aliphatic carboxylic acids is 1. The van der Waals surface area contributed by atoms with Crippen molar-refractivity contribution < 1.29 is 38.9 Å². The van der Waals surface area contributed by atoms with E-state index < -0.39 is 47.4 Å². The van der Waals surface area contributed by atoms with Crippen LogP contribution in [0.4, 0.5) is 0 Å². The van der Waals surface area contributed by atoms with Gasteiger partial charge in [0.25, 0.3) is 0 Å². The van der Waals surface area contributed by atoms with E-state index >= 15 is 0 Å². The molecule has 0 bridgehead atoms. The maximum absolute atomic E-state index is 13.7. The fourth-order valence-electron chi connectivity index (χ4n) is 4.89. The summed E-state index contributed by atoms with van der Waals surface area (Å²) >= 11 is 6.20. The van der Waals surface area contributed by atoms with Crippen LogP contribution in [0.5, 0.6) is 5.75 Å². The highest BCUT2D eigenvalue weighted by atomic mass is 35.5. The third kappa shape index (κ3) is 14.3. The molecule has 0 fully saturated rings. The Morgan fingerprint density at radius 2 is 1.66 bits per heavy atom. The van der Waals surface area contributed by atoms with Crippen molar-refractivity contribution in [1.29, 1.82) is 0 Å². The highest BCUT2D eigenvalue weighted by molar-refractivity contribution is 6.32. The molecule has 2 aromatic rings. The Hall–Kier alpha value is -4.19. The summed E-state index contributed by atoms with van der Waals surface area (Å²) < 4.78 is 11.1. The number of methoxy groups -OCH3 is 1. The number of aliphatic hydroxyl groups is 1. The fourth-order valence-corrected chi connectivity index (χ4v) is 5.17. The smallest absolute Gasteiger partial charge is 0.328 e. The Labute approximate surface area is 300 Å². The summed E-state index contributed by atoms with van der Waals surface area (Å²) in [4.78, 5) is 51.3. The number of ether oxygens (including phenoxy) is 2. The number of aliphatic hydroxyl groups excluding tert-OH is 1. The molecule has 2 aromatic carbocycles. The molecule has 4 atom stereocenters. The number of halogens is 1. The van der Waals surface area contributed by atoms with Crippen LogP contribution in [0, 0.1) is 16.7 Å². The maximum Gasteiger partial charge on any atom is 0.328 e. The summed E-state index contributed by atoms with van der Waals surface area (Å²) in [5, 5.41) is 24.4. The van der Waals surface area contributed by atoms with Gasteiger partial charge in [-0.1, -0.05) is 87.9 Å². The topological polar surface area (TPSA) is 177 Å².